The summed E-state index contributed by atoms with van der Waals surface area (Å²) in [6, 6.07) is 13.3. The molecule has 0 bridgehead atoms. The molecule has 0 aliphatic heterocycles. The van der Waals surface area contributed by atoms with Gasteiger partial charge in [0.2, 0.25) is 5.91 Å². The molecule has 0 aliphatic carbocycles. The number of hydrogen-bond acceptors (Lipinski definition) is 2. The van der Waals surface area contributed by atoms with Gasteiger partial charge in [-0.2, -0.15) is 0 Å². The third-order valence-electron chi connectivity index (χ3n) is 4.19. The molecule has 0 aliphatic rings. The predicted octanol–water partition coefficient (Wildman–Crippen LogP) is 3.33. The van der Waals surface area contributed by atoms with Gasteiger partial charge in [-0.1, -0.05) is 18.2 Å². The highest BCUT2D eigenvalue weighted by Crippen LogP contribution is 2.22. The van der Waals surface area contributed by atoms with Gasteiger partial charge < -0.3 is 15.6 Å². The van der Waals surface area contributed by atoms with E-state index in [1.807, 2.05) is 38.1 Å². The number of aryl methyl sites for hydroxylation is 2. The monoisotopic (exact) mass is 335 g/mol. The second-order valence-electron chi connectivity index (χ2n) is 6.23. The van der Waals surface area contributed by atoms with Crippen LogP contribution in [0.2, 0.25) is 0 Å². The number of amides is 2. The fourth-order valence-electron chi connectivity index (χ4n) is 2.90. The van der Waals surface area contributed by atoms with Crippen LogP contribution in [0.4, 0.5) is 5.69 Å². The first kappa shape index (κ1) is 16.8. The minimum Gasteiger partial charge on any atom is -0.359 e. The molecular weight excluding hydrogens is 314 g/mol. The Morgan fingerprint density at radius 2 is 1.76 bits per heavy atom. The summed E-state index contributed by atoms with van der Waals surface area (Å²) in [5.41, 5.74) is 5.38. The SMILES string of the molecule is CNC(=O)Cc1ccc(NC(=O)c2cc3c(C)cc(C)cc3[nH]2)cc1. The molecule has 5 heteroatoms. The Hall–Kier alpha value is -3.08. The van der Waals surface area contributed by atoms with E-state index in [2.05, 4.69) is 21.7 Å². The van der Waals surface area contributed by atoms with Gasteiger partial charge in [-0.25, -0.2) is 0 Å². The molecule has 3 aromatic rings. The molecule has 3 N–H and O–H groups in total. The quantitative estimate of drug-likeness (QED) is 0.684. The van der Waals surface area contributed by atoms with Gasteiger partial charge in [0, 0.05) is 23.6 Å². The topological polar surface area (TPSA) is 74.0 Å². The molecule has 25 heavy (non-hydrogen) atoms. The third-order valence-corrected chi connectivity index (χ3v) is 4.19. The summed E-state index contributed by atoms with van der Waals surface area (Å²) in [6.07, 6.45) is 0.325. The number of nitrogens with one attached hydrogen (secondary N) is 3. The average Bonchev–Trinajstić information content (AvgIpc) is 3.01. The summed E-state index contributed by atoms with van der Waals surface area (Å²) in [4.78, 5) is 27.0. The van der Waals surface area contributed by atoms with E-state index >= 15 is 0 Å². The maximum atomic E-state index is 12.5. The van der Waals surface area contributed by atoms with Crippen LogP contribution in [0.25, 0.3) is 10.9 Å². The Labute approximate surface area is 146 Å². The van der Waals surface area contributed by atoms with Crippen molar-refractivity contribution in [1.29, 1.82) is 0 Å². The Kier molecular flexibility index (Phi) is 4.57. The summed E-state index contributed by atoms with van der Waals surface area (Å²) in [5.74, 6) is -0.229. The van der Waals surface area contributed by atoms with Crippen LogP contribution in [0.1, 0.15) is 27.2 Å². The number of benzene rings is 2. The fraction of sp³-hybridized carbons (Fsp3) is 0.200. The first-order valence-electron chi connectivity index (χ1n) is 8.17. The summed E-state index contributed by atoms with van der Waals surface area (Å²) in [5, 5.41) is 6.52. The smallest absolute Gasteiger partial charge is 0.272 e. The molecule has 0 fully saturated rings. The molecule has 3 rings (SSSR count). The number of anilines is 1. The number of hydrogen-bond donors (Lipinski definition) is 3. The number of fused-ring (bicyclic) bond motifs is 1. The number of carbonyl (C=O) groups is 2. The summed E-state index contributed by atoms with van der Waals surface area (Å²) in [6.45, 7) is 4.07. The molecule has 2 aromatic carbocycles. The molecule has 0 saturated carbocycles. The maximum absolute atomic E-state index is 12.5. The molecule has 0 radical (unpaired) electrons. The average molecular weight is 335 g/mol. The van der Waals surface area contributed by atoms with Gasteiger partial charge >= 0.3 is 0 Å². The first-order chi connectivity index (χ1) is 12.0. The second kappa shape index (κ2) is 6.81. The van der Waals surface area contributed by atoms with Crippen molar-refractivity contribution in [3.63, 3.8) is 0 Å². The zero-order chi connectivity index (χ0) is 18.0. The lowest BCUT2D eigenvalue weighted by Crippen LogP contribution is -2.19. The van der Waals surface area contributed by atoms with E-state index in [4.69, 9.17) is 0 Å². The van der Waals surface area contributed by atoms with Crippen molar-refractivity contribution in [3.05, 3.63) is 64.8 Å². The van der Waals surface area contributed by atoms with Crippen molar-refractivity contribution in [2.24, 2.45) is 0 Å². The molecule has 128 valence electrons. The van der Waals surface area contributed by atoms with Crippen LogP contribution in [-0.4, -0.2) is 23.8 Å². The van der Waals surface area contributed by atoms with Gasteiger partial charge in [0.05, 0.1) is 6.42 Å². The Morgan fingerprint density at radius 3 is 2.44 bits per heavy atom. The van der Waals surface area contributed by atoms with E-state index < -0.39 is 0 Å². The minimum atomic E-state index is -0.188. The lowest BCUT2D eigenvalue weighted by Gasteiger charge is -2.05. The van der Waals surface area contributed by atoms with Gasteiger partial charge in [0.25, 0.3) is 5.91 Å². The number of H-pyrrole nitrogens is 1. The van der Waals surface area contributed by atoms with Crippen molar-refractivity contribution >= 4 is 28.4 Å². The first-order valence-corrected chi connectivity index (χ1v) is 8.17. The van der Waals surface area contributed by atoms with E-state index in [9.17, 15) is 9.59 Å². The lowest BCUT2D eigenvalue weighted by molar-refractivity contribution is -0.119. The Balaban J connectivity index is 1.76. The largest absolute Gasteiger partial charge is 0.359 e. The van der Waals surface area contributed by atoms with Crippen LogP contribution < -0.4 is 10.6 Å². The van der Waals surface area contributed by atoms with E-state index in [0.29, 0.717) is 17.8 Å². The van der Waals surface area contributed by atoms with Crippen LogP contribution in [0.15, 0.2) is 42.5 Å². The highest BCUT2D eigenvalue weighted by Gasteiger charge is 2.11. The van der Waals surface area contributed by atoms with Gasteiger partial charge in [0.1, 0.15) is 5.69 Å². The summed E-state index contributed by atoms with van der Waals surface area (Å²) >= 11 is 0. The van der Waals surface area contributed by atoms with E-state index in [1.54, 1.807) is 19.2 Å². The number of aromatic amines is 1. The van der Waals surface area contributed by atoms with Gasteiger partial charge in [0.15, 0.2) is 0 Å². The molecule has 1 aromatic heterocycles. The summed E-state index contributed by atoms with van der Waals surface area (Å²) < 4.78 is 0. The zero-order valence-corrected chi connectivity index (χ0v) is 14.6. The van der Waals surface area contributed by atoms with Crippen molar-refractivity contribution in [3.8, 4) is 0 Å². The predicted molar refractivity (Wildman–Crippen MR) is 99.9 cm³/mol. The standard InChI is InChI=1S/C20H21N3O2/c1-12-8-13(2)16-11-18(23-17(16)9-12)20(25)22-15-6-4-14(5-7-15)10-19(24)21-3/h4-9,11,23H,10H2,1-3H3,(H,21,24)(H,22,25). The van der Waals surface area contributed by atoms with Crippen LogP contribution >= 0.6 is 0 Å². The highest BCUT2D eigenvalue weighted by molar-refractivity contribution is 6.06. The third kappa shape index (κ3) is 3.71. The molecule has 5 nitrogen and oxygen atoms in total. The van der Waals surface area contributed by atoms with Gasteiger partial charge in [-0.05, 0) is 54.8 Å². The maximum Gasteiger partial charge on any atom is 0.272 e. The van der Waals surface area contributed by atoms with Crippen LogP contribution in [0, 0.1) is 13.8 Å². The molecule has 0 spiro atoms. The molecular formula is C20H21N3O2. The second-order valence-corrected chi connectivity index (χ2v) is 6.23. The normalized spacial score (nSPS) is 10.7. The Morgan fingerprint density at radius 1 is 1.04 bits per heavy atom. The number of rotatable bonds is 4. The molecule has 1 heterocycles. The number of aromatic nitrogens is 1. The molecule has 2 amide bonds. The summed E-state index contributed by atoms with van der Waals surface area (Å²) in [7, 11) is 1.61. The minimum absolute atomic E-state index is 0.0412. The van der Waals surface area contributed by atoms with Crippen molar-refractivity contribution < 1.29 is 9.59 Å². The molecule has 0 saturated heterocycles. The van der Waals surface area contributed by atoms with Crippen molar-refractivity contribution in [2.75, 3.05) is 12.4 Å². The van der Waals surface area contributed by atoms with E-state index in [1.165, 1.54) is 0 Å². The Bertz CT molecular complexity index is 939. The van der Waals surface area contributed by atoms with E-state index in [0.717, 1.165) is 27.6 Å². The molecule has 0 unspecified atom stereocenters. The zero-order valence-electron chi connectivity index (χ0n) is 14.6. The number of likely N-dealkylation sites (N-methyl/N-ethyl adjacent to an activating group) is 1. The van der Waals surface area contributed by atoms with E-state index in [-0.39, 0.29) is 11.8 Å². The lowest BCUT2D eigenvalue weighted by atomic mass is 10.1. The number of carbonyl (C=O) groups excluding carboxylic acids is 2. The van der Waals surface area contributed by atoms with Crippen LogP contribution in [0.3, 0.4) is 0 Å². The fourth-order valence-corrected chi connectivity index (χ4v) is 2.90. The molecule has 0 atom stereocenters. The van der Waals surface area contributed by atoms with Crippen molar-refractivity contribution in [2.45, 2.75) is 20.3 Å². The highest BCUT2D eigenvalue weighted by atomic mass is 16.2. The van der Waals surface area contributed by atoms with Gasteiger partial charge in [-0.3, -0.25) is 9.59 Å². The van der Waals surface area contributed by atoms with Crippen molar-refractivity contribution in [1.82, 2.24) is 10.3 Å². The van der Waals surface area contributed by atoms with Gasteiger partial charge in [-0.15, -0.1) is 0 Å². The van der Waals surface area contributed by atoms with Crippen LogP contribution in [-0.2, 0) is 11.2 Å². The van der Waals surface area contributed by atoms with Crippen LogP contribution in [0.5, 0.6) is 0 Å².